The van der Waals surface area contributed by atoms with Gasteiger partial charge in [0, 0.05) is 12.4 Å². The van der Waals surface area contributed by atoms with Gasteiger partial charge in [-0.05, 0) is 12.1 Å². The zero-order valence-electron chi connectivity index (χ0n) is 10.2. The lowest BCUT2D eigenvalue weighted by Gasteiger charge is -1.99. The molecule has 20 heavy (non-hydrogen) atoms. The molecule has 4 rings (SSSR count). The van der Waals surface area contributed by atoms with Crippen molar-refractivity contribution in [2.45, 2.75) is 0 Å². The molecule has 0 N–H and O–H groups in total. The van der Waals surface area contributed by atoms with Gasteiger partial charge in [0.15, 0.2) is 11.5 Å². The third-order valence-electron chi connectivity index (χ3n) is 2.85. The van der Waals surface area contributed by atoms with Crippen molar-refractivity contribution in [3.8, 4) is 34.5 Å². The van der Waals surface area contributed by atoms with E-state index in [0.717, 1.165) is 0 Å². The Morgan fingerprint density at radius 1 is 1.10 bits per heavy atom. The quantitative estimate of drug-likeness (QED) is 0.702. The maximum absolute atomic E-state index is 5.42. The van der Waals surface area contributed by atoms with E-state index in [4.69, 9.17) is 14.0 Å². The van der Waals surface area contributed by atoms with Crippen molar-refractivity contribution in [2.24, 2.45) is 0 Å². The van der Waals surface area contributed by atoms with Gasteiger partial charge in [-0.1, -0.05) is 11.2 Å². The van der Waals surface area contributed by atoms with E-state index >= 15 is 0 Å². The number of fused-ring (bicyclic) bond motifs is 1. The van der Waals surface area contributed by atoms with Crippen LogP contribution < -0.4 is 9.47 Å². The second-order valence-corrected chi connectivity index (χ2v) is 4.05. The van der Waals surface area contributed by atoms with Crippen molar-refractivity contribution in [2.75, 3.05) is 6.79 Å². The number of rotatable bonds is 2. The standard InChI is InChI=1S/C13H8N4O3/c1-2-8(11-10(3-1)18-7-19-11)13-16-12(17-20-13)9-6-14-4-5-15-9/h1-6H,7H2. The first kappa shape index (κ1) is 10.9. The average Bonchev–Trinajstić information content (AvgIpc) is 3.17. The van der Waals surface area contributed by atoms with Gasteiger partial charge in [-0.15, -0.1) is 0 Å². The molecule has 0 spiro atoms. The molecule has 7 nitrogen and oxygen atoms in total. The number of hydrogen-bond donors (Lipinski definition) is 0. The van der Waals surface area contributed by atoms with Crippen LogP contribution in [0, 0.1) is 0 Å². The van der Waals surface area contributed by atoms with Gasteiger partial charge in [-0.3, -0.25) is 4.98 Å². The fourth-order valence-electron chi connectivity index (χ4n) is 1.95. The van der Waals surface area contributed by atoms with Crippen LogP contribution in [0.25, 0.3) is 23.0 Å². The molecule has 98 valence electrons. The molecule has 0 saturated carbocycles. The van der Waals surface area contributed by atoms with Gasteiger partial charge >= 0.3 is 0 Å². The molecular weight excluding hydrogens is 260 g/mol. The van der Waals surface area contributed by atoms with Crippen molar-refractivity contribution in [1.29, 1.82) is 0 Å². The maximum Gasteiger partial charge on any atom is 0.262 e. The monoisotopic (exact) mass is 268 g/mol. The summed E-state index contributed by atoms with van der Waals surface area (Å²) in [6.45, 7) is 0.192. The van der Waals surface area contributed by atoms with Crippen LogP contribution in [-0.2, 0) is 0 Å². The van der Waals surface area contributed by atoms with E-state index in [1.54, 1.807) is 18.6 Å². The molecule has 1 aliphatic heterocycles. The predicted molar refractivity (Wildman–Crippen MR) is 66.9 cm³/mol. The Balaban J connectivity index is 1.78. The van der Waals surface area contributed by atoms with Gasteiger partial charge in [0.05, 0.1) is 11.8 Å². The Bertz CT molecular complexity index is 757. The van der Waals surface area contributed by atoms with E-state index in [2.05, 4.69) is 20.1 Å². The number of nitrogens with zero attached hydrogens (tertiary/aromatic N) is 4. The highest BCUT2D eigenvalue weighted by Crippen LogP contribution is 2.40. The smallest absolute Gasteiger partial charge is 0.262 e. The van der Waals surface area contributed by atoms with Crippen LogP contribution in [0.4, 0.5) is 0 Å². The number of aromatic nitrogens is 4. The molecule has 0 radical (unpaired) electrons. The molecule has 0 bridgehead atoms. The van der Waals surface area contributed by atoms with E-state index in [9.17, 15) is 0 Å². The van der Waals surface area contributed by atoms with Crippen molar-refractivity contribution < 1.29 is 14.0 Å². The predicted octanol–water partition coefficient (Wildman–Crippen LogP) is 1.92. The largest absolute Gasteiger partial charge is 0.454 e. The Kier molecular flexibility index (Phi) is 2.35. The summed E-state index contributed by atoms with van der Waals surface area (Å²) in [5, 5.41) is 3.90. The first-order valence-electron chi connectivity index (χ1n) is 5.91. The SMILES string of the molecule is c1cc2c(c(-c3nc(-c4cnccn4)no3)c1)OCO2. The van der Waals surface area contributed by atoms with Crippen LogP contribution in [0.3, 0.4) is 0 Å². The van der Waals surface area contributed by atoms with E-state index in [-0.39, 0.29) is 6.79 Å². The molecule has 1 aromatic carbocycles. The summed E-state index contributed by atoms with van der Waals surface area (Å²) in [5.41, 5.74) is 1.25. The van der Waals surface area contributed by atoms with Gasteiger partial charge in [-0.25, -0.2) is 4.98 Å². The highest BCUT2D eigenvalue weighted by molar-refractivity contribution is 5.69. The van der Waals surface area contributed by atoms with E-state index in [0.29, 0.717) is 34.5 Å². The summed E-state index contributed by atoms with van der Waals surface area (Å²) in [7, 11) is 0. The molecule has 0 unspecified atom stereocenters. The summed E-state index contributed by atoms with van der Waals surface area (Å²) in [6, 6.07) is 5.50. The highest BCUT2D eigenvalue weighted by atomic mass is 16.7. The zero-order chi connectivity index (χ0) is 13.4. The van der Waals surface area contributed by atoms with Gasteiger partial charge < -0.3 is 14.0 Å². The van der Waals surface area contributed by atoms with Gasteiger partial charge in [0.2, 0.25) is 12.6 Å². The average molecular weight is 268 g/mol. The molecule has 3 heterocycles. The van der Waals surface area contributed by atoms with Gasteiger partial charge in [0.25, 0.3) is 5.89 Å². The number of benzene rings is 1. The first-order valence-corrected chi connectivity index (χ1v) is 5.91. The van der Waals surface area contributed by atoms with Crippen LogP contribution in [-0.4, -0.2) is 26.9 Å². The second kappa shape index (κ2) is 4.30. The van der Waals surface area contributed by atoms with Crippen LogP contribution in [0.1, 0.15) is 0 Å². The fraction of sp³-hybridized carbons (Fsp3) is 0.0769. The molecule has 2 aromatic heterocycles. The molecule has 7 heteroatoms. The molecular formula is C13H8N4O3. The second-order valence-electron chi connectivity index (χ2n) is 4.05. The maximum atomic E-state index is 5.42. The lowest BCUT2D eigenvalue weighted by atomic mass is 10.2. The Hall–Kier alpha value is -2.96. The number of hydrogen-bond acceptors (Lipinski definition) is 7. The van der Waals surface area contributed by atoms with E-state index in [1.165, 1.54) is 0 Å². The molecule has 0 fully saturated rings. The van der Waals surface area contributed by atoms with Gasteiger partial charge in [-0.2, -0.15) is 4.98 Å². The first-order chi connectivity index (χ1) is 9.92. The minimum atomic E-state index is 0.192. The van der Waals surface area contributed by atoms with Gasteiger partial charge in [0.1, 0.15) is 5.69 Å². The zero-order valence-corrected chi connectivity index (χ0v) is 10.2. The summed E-state index contributed by atoms with van der Waals surface area (Å²) < 4.78 is 16.0. The van der Waals surface area contributed by atoms with Crippen molar-refractivity contribution in [3.05, 3.63) is 36.8 Å². The normalized spacial score (nSPS) is 12.6. The Labute approximate surface area is 113 Å². The molecule has 0 saturated heterocycles. The lowest BCUT2D eigenvalue weighted by Crippen LogP contribution is -1.93. The third-order valence-corrected chi connectivity index (χ3v) is 2.85. The third kappa shape index (κ3) is 1.68. The summed E-state index contributed by atoms with van der Waals surface area (Å²) >= 11 is 0. The molecule has 3 aromatic rings. The van der Waals surface area contributed by atoms with Crippen LogP contribution in [0.5, 0.6) is 11.5 Å². The topological polar surface area (TPSA) is 83.2 Å². The molecule has 0 amide bonds. The Morgan fingerprint density at radius 3 is 3.00 bits per heavy atom. The van der Waals surface area contributed by atoms with Crippen LogP contribution >= 0.6 is 0 Å². The molecule has 1 aliphatic rings. The highest BCUT2D eigenvalue weighted by Gasteiger charge is 2.22. The van der Waals surface area contributed by atoms with E-state index < -0.39 is 0 Å². The summed E-state index contributed by atoms with van der Waals surface area (Å²) in [6.07, 6.45) is 4.73. The molecule has 0 atom stereocenters. The van der Waals surface area contributed by atoms with E-state index in [1.807, 2.05) is 18.2 Å². The molecule has 0 aliphatic carbocycles. The minimum Gasteiger partial charge on any atom is -0.454 e. The van der Waals surface area contributed by atoms with Crippen LogP contribution in [0.2, 0.25) is 0 Å². The minimum absolute atomic E-state index is 0.192. The summed E-state index contributed by atoms with van der Waals surface area (Å²) in [4.78, 5) is 12.4. The van der Waals surface area contributed by atoms with Crippen molar-refractivity contribution >= 4 is 0 Å². The van der Waals surface area contributed by atoms with Crippen molar-refractivity contribution in [1.82, 2.24) is 20.1 Å². The summed E-state index contributed by atoms with van der Waals surface area (Å²) in [5.74, 6) is 2.02. The van der Waals surface area contributed by atoms with Crippen molar-refractivity contribution in [3.63, 3.8) is 0 Å². The lowest BCUT2D eigenvalue weighted by molar-refractivity contribution is 0.174. The fourth-order valence-corrected chi connectivity index (χ4v) is 1.95. The number of ether oxygens (including phenoxy) is 2. The number of para-hydroxylation sites is 1. The van der Waals surface area contributed by atoms with Crippen LogP contribution in [0.15, 0.2) is 41.3 Å². The Morgan fingerprint density at radius 2 is 2.10 bits per heavy atom.